The number of hydrogen-bond acceptors (Lipinski definition) is 5. The lowest BCUT2D eigenvalue weighted by atomic mass is 10.2. The van der Waals surface area contributed by atoms with Crippen LogP contribution in [0, 0.1) is 6.92 Å². The Morgan fingerprint density at radius 3 is 2.25 bits per heavy atom. The fourth-order valence-corrected chi connectivity index (χ4v) is 2.30. The number of nitrogens with zero attached hydrogens (tertiary/aromatic N) is 5. The molecule has 1 heterocycles. The second kappa shape index (κ2) is 6.54. The first-order valence-corrected chi connectivity index (χ1v) is 7.59. The van der Waals surface area contributed by atoms with Crippen molar-refractivity contribution in [2.45, 2.75) is 6.92 Å². The molecule has 0 aliphatic heterocycles. The molecular weight excluding hydrogens is 302 g/mol. The average molecular weight is 321 g/mol. The van der Waals surface area contributed by atoms with Crippen LogP contribution in [0.4, 0.5) is 17.1 Å². The van der Waals surface area contributed by atoms with Crippen LogP contribution in [0.25, 0.3) is 5.69 Å². The van der Waals surface area contributed by atoms with Crippen molar-refractivity contribution in [2.75, 3.05) is 19.0 Å². The fraction of sp³-hybridized carbons (Fsp3) is 0.167. The highest BCUT2D eigenvalue weighted by molar-refractivity contribution is 5.56. The molecule has 0 saturated heterocycles. The van der Waals surface area contributed by atoms with E-state index in [0.29, 0.717) is 11.4 Å². The Hall–Kier alpha value is -3.15. The van der Waals surface area contributed by atoms with Gasteiger partial charge in [0, 0.05) is 19.8 Å². The number of aromatic hydroxyl groups is 1. The highest BCUT2D eigenvalue weighted by Crippen LogP contribution is 2.33. The van der Waals surface area contributed by atoms with Crippen LogP contribution in [-0.4, -0.2) is 29.0 Å². The second-order valence-corrected chi connectivity index (χ2v) is 5.62. The van der Waals surface area contributed by atoms with Crippen molar-refractivity contribution in [1.29, 1.82) is 0 Å². The van der Waals surface area contributed by atoms with Gasteiger partial charge in [0.2, 0.25) is 5.88 Å². The molecule has 6 nitrogen and oxygen atoms in total. The third-order valence-corrected chi connectivity index (χ3v) is 3.64. The molecule has 0 atom stereocenters. The summed E-state index contributed by atoms with van der Waals surface area (Å²) in [6, 6.07) is 17.1. The maximum absolute atomic E-state index is 10.5. The van der Waals surface area contributed by atoms with Crippen molar-refractivity contribution in [1.82, 2.24) is 9.78 Å². The van der Waals surface area contributed by atoms with Crippen LogP contribution in [0.3, 0.4) is 0 Å². The zero-order chi connectivity index (χ0) is 17.1. The smallest absolute Gasteiger partial charge is 0.243 e. The molecule has 0 spiro atoms. The Balaban J connectivity index is 1.93. The van der Waals surface area contributed by atoms with Crippen molar-refractivity contribution in [3.63, 3.8) is 0 Å². The van der Waals surface area contributed by atoms with Gasteiger partial charge in [-0.1, -0.05) is 18.2 Å². The molecule has 0 bridgehead atoms. The maximum Gasteiger partial charge on any atom is 0.243 e. The number of aryl methyl sites for hydroxylation is 1. The second-order valence-electron chi connectivity index (χ2n) is 5.62. The van der Waals surface area contributed by atoms with E-state index in [4.69, 9.17) is 0 Å². The zero-order valence-corrected chi connectivity index (χ0v) is 13.9. The molecule has 0 unspecified atom stereocenters. The number of hydrogen-bond donors (Lipinski definition) is 1. The van der Waals surface area contributed by atoms with Gasteiger partial charge in [0.25, 0.3) is 0 Å². The summed E-state index contributed by atoms with van der Waals surface area (Å²) in [5.41, 5.74) is 3.55. The van der Waals surface area contributed by atoms with Crippen LogP contribution in [0.5, 0.6) is 5.88 Å². The monoisotopic (exact) mass is 321 g/mol. The summed E-state index contributed by atoms with van der Waals surface area (Å²) in [6.07, 6.45) is 0. The van der Waals surface area contributed by atoms with Gasteiger partial charge in [0.1, 0.15) is 0 Å². The van der Waals surface area contributed by atoms with Crippen molar-refractivity contribution in [3.8, 4) is 11.6 Å². The lowest BCUT2D eigenvalue weighted by molar-refractivity contribution is 0.434. The van der Waals surface area contributed by atoms with E-state index in [1.807, 2.05) is 73.6 Å². The van der Waals surface area contributed by atoms with Gasteiger partial charge in [-0.3, -0.25) is 0 Å². The molecule has 24 heavy (non-hydrogen) atoms. The molecule has 122 valence electrons. The normalized spacial score (nSPS) is 11.1. The minimum absolute atomic E-state index is 0.0233. The number of azo groups is 1. The largest absolute Gasteiger partial charge is 0.492 e. The summed E-state index contributed by atoms with van der Waals surface area (Å²) in [5.74, 6) is -0.0233. The third-order valence-electron chi connectivity index (χ3n) is 3.64. The highest BCUT2D eigenvalue weighted by Gasteiger charge is 2.15. The maximum atomic E-state index is 10.5. The predicted molar refractivity (Wildman–Crippen MR) is 94.9 cm³/mol. The van der Waals surface area contributed by atoms with Gasteiger partial charge in [-0.05, 0) is 43.3 Å². The molecule has 0 aliphatic carbocycles. The van der Waals surface area contributed by atoms with Crippen molar-refractivity contribution >= 4 is 17.1 Å². The van der Waals surface area contributed by atoms with E-state index in [1.165, 1.54) is 4.68 Å². The Kier molecular flexibility index (Phi) is 4.29. The third kappa shape index (κ3) is 3.12. The summed E-state index contributed by atoms with van der Waals surface area (Å²) >= 11 is 0. The number of anilines is 1. The van der Waals surface area contributed by atoms with Gasteiger partial charge in [-0.25, -0.2) is 0 Å². The van der Waals surface area contributed by atoms with Crippen molar-refractivity contribution < 1.29 is 5.11 Å². The zero-order valence-electron chi connectivity index (χ0n) is 13.9. The molecule has 1 aromatic heterocycles. The van der Waals surface area contributed by atoms with Gasteiger partial charge >= 0.3 is 0 Å². The molecule has 3 rings (SSSR count). The molecule has 3 aromatic rings. The standard InChI is InChI=1S/C18H19N5O/c1-13-17(20-19-14-7-5-4-6-8-14)18(24)23(21-13)16-11-9-15(10-12-16)22(2)3/h4-12,24H,1-3H3. The molecule has 0 radical (unpaired) electrons. The molecule has 2 aromatic carbocycles. The van der Waals surface area contributed by atoms with Gasteiger partial charge in [0.05, 0.1) is 17.1 Å². The lowest BCUT2D eigenvalue weighted by Gasteiger charge is -2.12. The Bertz CT molecular complexity index is 851. The fourth-order valence-electron chi connectivity index (χ4n) is 2.30. The van der Waals surface area contributed by atoms with Crippen LogP contribution in [-0.2, 0) is 0 Å². The van der Waals surface area contributed by atoms with E-state index in [1.54, 1.807) is 6.92 Å². The van der Waals surface area contributed by atoms with E-state index in [9.17, 15) is 5.11 Å². The average Bonchev–Trinajstić information content (AvgIpc) is 2.88. The SMILES string of the molecule is Cc1nn(-c2ccc(N(C)C)cc2)c(O)c1N=Nc1ccccc1. The van der Waals surface area contributed by atoms with E-state index in [2.05, 4.69) is 15.3 Å². The van der Waals surface area contributed by atoms with Gasteiger partial charge in [-0.15, -0.1) is 5.11 Å². The summed E-state index contributed by atoms with van der Waals surface area (Å²) in [7, 11) is 3.96. The molecule has 1 N–H and O–H groups in total. The lowest BCUT2D eigenvalue weighted by Crippen LogP contribution is -2.08. The first-order chi connectivity index (χ1) is 11.6. The van der Waals surface area contributed by atoms with E-state index in [-0.39, 0.29) is 5.88 Å². The minimum Gasteiger partial charge on any atom is -0.492 e. The Morgan fingerprint density at radius 2 is 1.62 bits per heavy atom. The summed E-state index contributed by atoms with van der Waals surface area (Å²) in [6.45, 7) is 1.80. The summed E-state index contributed by atoms with van der Waals surface area (Å²) in [4.78, 5) is 2.01. The number of benzene rings is 2. The Morgan fingerprint density at radius 1 is 0.958 bits per heavy atom. The van der Waals surface area contributed by atoms with Crippen molar-refractivity contribution in [3.05, 3.63) is 60.3 Å². The van der Waals surface area contributed by atoms with Gasteiger partial charge in [-0.2, -0.15) is 14.9 Å². The summed E-state index contributed by atoms with van der Waals surface area (Å²) in [5, 5.41) is 23.1. The van der Waals surface area contributed by atoms with E-state index < -0.39 is 0 Å². The predicted octanol–water partition coefficient (Wildman–Crippen LogP) is 4.37. The van der Waals surface area contributed by atoms with Crippen LogP contribution >= 0.6 is 0 Å². The van der Waals surface area contributed by atoms with Crippen LogP contribution in [0.15, 0.2) is 64.8 Å². The van der Waals surface area contributed by atoms with E-state index >= 15 is 0 Å². The van der Waals surface area contributed by atoms with Crippen molar-refractivity contribution in [2.24, 2.45) is 10.2 Å². The Labute approximate surface area is 140 Å². The number of rotatable bonds is 4. The topological polar surface area (TPSA) is 66.0 Å². The van der Waals surface area contributed by atoms with Crippen LogP contribution < -0.4 is 4.90 Å². The first-order valence-electron chi connectivity index (χ1n) is 7.59. The molecule has 0 amide bonds. The molecule has 0 saturated carbocycles. The molecule has 0 aliphatic rings. The molecular formula is C18H19N5O. The summed E-state index contributed by atoms with van der Waals surface area (Å²) < 4.78 is 1.47. The van der Waals surface area contributed by atoms with E-state index in [0.717, 1.165) is 17.1 Å². The first kappa shape index (κ1) is 15.7. The molecule has 6 heteroatoms. The highest BCUT2D eigenvalue weighted by atomic mass is 16.3. The molecule has 0 fully saturated rings. The quantitative estimate of drug-likeness (QED) is 0.726. The minimum atomic E-state index is -0.0233. The van der Waals surface area contributed by atoms with Gasteiger partial charge < -0.3 is 10.0 Å². The van der Waals surface area contributed by atoms with Gasteiger partial charge in [0.15, 0.2) is 5.69 Å². The number of aromatic nitrogens is 2. The van der Waals surface area contributed by atoms with Crippen LogP contribution in [0.1, 0.15) is 5.69 Å². The van der Waals surface area contributed by atoms with Crippen LogP contribution in [0.2, 0.25) is 0 Å².